The summed E-state index contributed by atoms with van der Waals surface area (Å²) in [4.78, 5) is 8.12. The molecule has 18 heavy (non-hydrogen) atoms. The third-order valence-electron chi connectivity index (χ3n) is 2.41. The fourth-order valence-corrected chi connectivity index (χ4v) is 2.26. The molecule has 94 valence electrons. The van der Waals surface area contributed by atoms with Crippen LogP contribution in [-0.4, -0.2) is 27.9 Å². The van der Waals surface area contributed by atoms with Crippen molar-refractivity contribution in [2.24, 2.45) is 0 Å². The lowest BCUT2D eigenvalue weighted by atomic mass is 10.1. The van der Waals surface area contributed by atoms with Crippen LogP contribution < -0.4 is 4.74 Å². The number of thioether (sulfide) groups is 1. The molecule has 0 spiro atoms. The van der Waals surface area contributed by atoms with E-state index in [1.807, 2.05) is 24.3 Å². The Hall–Kier alpha value is -1.59. The molecule has 0 saturated carbocycles. The minimum absolute atomic E-state index is 0.534. The van der Waals surface area contributed by atoms with E-state index < -0.39 is 6.10 Å². The van der Waals surface area contributed by atoms with E-state index in [1.54, 1.807) is 25.7 Å². The minimum Gasteiger partial charge on any atom is -0.497 e. The van der Waals surface area contributed by atoms with Crippen LogP contribution in [0.2, 0.25) is 0 Å². The molecule has 0 aliphatic carbocycles. The number of aromatic nitrogens is 2. The molecular formula is C13H14N2O2S. The number of rotatable bonds is 5. The first kappa shape index (κ1) is 12.9. The van der Waals surface area contributed by atoms with E-state index in [9.17, 15) is 5.11 Å². The number of benzene rings is 1. The second-order valence-electron chi connectivity index (χ2n) is 3.65. The predicted octanol–water partition coefficient (Wildman–Crippen LogP) is 2.31. The van der Waals surface area contributed by atoms with Crippen molar-refractivity contribution in [1.82, 2.24) is 9.97 Å². The van der Waals surface area contributed by atoms with Crippen molar-refractivity contribution in [3.8, 4) is 5.75 Å². The summed E-state index contributed by atoms with van der Waals surface area (Å²) in [5, 5.41) is 10.9. The van der Waals surface area contributed by atoms with Crippen molar-refractivity contribution >= 4 is 11.8 Å². The van der Waals surface area contributed by atoms with Crippen molar-refractivity contribution in [2.75, 3.05) is 12.9 Å². The van der Waals surface area contributed by atoms with E-state index >= 15 is 0 Å². The summed E-state index contributed by atoms with van der Waals surface area (Å²) in [7, 11) is 1.61. The van der Waals surface area contributed by atoms with Gasteiger partial charge in [-0.05, 0) is 17.7 Å². The average molecular weight is 262 g/mol. The van der Waals surface area contributed by atoms with Crippen LogP contribution in [0.1, 0.15) is 11.7 Å². The molecule has 0 bridgehead atoms. The van der Waals surface area contributed by atoms with E-state index in [1.165, 1.54) is 11.8 Å². The molecule has 0 radical (unpaired) electrons. The molecule has 0 aliphatic rings. The van der Waals surface area contributed by atoms with Crippen LogP contribution >= 0.6 is 11.8 Å². The average Bonchev–Trinajstić information content (AvgIpc) is 2.46. The molecule has 1 atom stereocenters. The zero-order valence-corrected chi connectivity index (χ0v) is 10.8. The third kappa shape index (κ3) is 3.45. The van der Waals surface area contributed by atoms with Gasteiger partial charge < -0.3 is 9.84 Å². The highest BCUT2D eigenvalue weighted by atomic mass is 32.2. The number of ether oxygens (including phenoxy) is 1. The van der Waals surface area contributed by atoms with E-state index in [2.05, 4.69) is 9.97 Å². The van der Waals surface area contributed by atoms with Gasteiger partial charge in [0.2, 0.25) is 0 Å². The molecule has 1 heterocycles. The molecule has 1 aromatic carbocycles. The highest BCUT2D eigenvalue weighted by Gasteiger charge is 2.09. The number of aliphatic hydroxyl groups is 1. The van der Waals surface area contributed by atoms with E-state index in [0.29, 0.717) is 5.75 Å². The van der Waals surface area contributed by atoms with E-state index in [4.69, 9.17) is 4.74 Å². The fraction of sp³-hybridized carbons (Fsp3) is 0.231. The van der Waals surface area contributed by atoms with Gasteiger partial charge in [0.1, 0.15) is 10.8 Å². The summed E-state index contributed by atoms with van der Waals surface area (Å²) in [6.07, 6.45) is 4.40. The molecule has 4 nitrogen and oxygen atoms in total. The van der Waals surface area contributed by atoms with Crippen LogP contribution in [0.25, 0.3) is 0 Å². The second-order valence-corrected chi connectivity index (χ2v) is 4.69. The highest BCUT2D eigenvalue weighted by Crippen LogP contribution is 2.24. The first-order valence-electron chi connectivity index (χ1n) is 5.50. The van der Waals surface area contributed by atoms with Crippen molar-refractivity contribution in [1.29, 1.82) is 0 Å². The van der Waals surface area contributed by atoms with Gasteiger partial charge in [0.25, 0.3) is 0 Å². The molecule has 0 fully saturated rings. The molecule has 1 N–H and O–H groups in total. The van der Waals surface area contributed by atoms with Crippen LogP contribution in [-0.2, 0) is 0 Å². The van der Waals surface area contributed by atoms with Gasteiger partial charge in [-0.3, -0.25) is 4.98 Å². The van der Waals surface area contributed by atoms with E-state index in [-0.39, 0.29) is 0 Å². The molecule has 5 heteroatoms. The number of methoxy groups -OCH3 is 1. The summed E-state index contributed by atoms with van der Waals surface area (Å²) in [6.45, 7) is 0. The summed E-state index contributed by atoms with van der Waals surface area (Å²) >= 11 is 1.47. The molecule has 2 aromatic rings. The van der Waals surface area contributed by atoms with Gasteiger partial charge in [-0.1, -0.05) is 12.1 Å². The maximum Gasteiger partial charge on any atom is 0.119 e. The van der Waals surface area contributed by atoms with Crippen LogP contribution in [0, 0.1) is 0 Å². The smallest absolute Gasteiger partial charge is 0.119 e. The Morgan fingerprint density at radius 3 is 3.00 bits per heavy atom. The summed E-state index contributed by atoms with van der Waals surface area (Å²) < 4.78 is 5.13. The predicted molar refractivity (Wildman–Crippen MR) is 70.7 cm³/mol. The SMILES string of the molecule is COc1cccc(C(O)CSc2cnccn2)c1. The standard InChI is InChI=1S/C13H14N2O2S/c1-17-11-4-2-3-10(7-11)12(16)9-18-13-8-14-5-6-15-13/h2-8,12,16H,9H2,1H3. The van der Waals surface area contributed by atoms with Crippen LogP contribution in [0.5, 0.6) is 5.75 Å². The Morgan fingerprint density at radius 1 is 1.39 bits per heavy atom. The lowest BCUT2D eigenvalue weighted by Crippen LogP contribution is -2.01. The Labute approximate surface area is 110 Å². The molecule has 2 rings (SSSR count). The van der Waals surface area contributed by atoms with Crippen LogP contribution in [0.4, 0.5) is 0 Å². The first-order valence-corrected chi connectivity index (χ1v) is 6.49. The van der Waals surface area contributed by atoms with Crippen molar-refractivity contribution < 1.29 is 9.84 Å². The second kappa shape index (κ2) is 6.37. The summed E-state index contributed by atoms with van der Waals surface area (Å²) in [5.41, 5.74) is 0.839. The van der Waals surface area contributed by atoms with Gasteiger partial charge in [0, 0.05) is 18.1 Å². The van der Waals surface area contributed by atoms with Gasteiger partial charge >= 0.3 is 0 Å². The van der Waals surface area contributed by atoms with Gasteiger partial charge in [0.05, 0.1) is 19.4 Å². The topological polar surface area (TPSA) is 55.2 Å². The molecule has 1 unspecified atom stereocenters. The van der Waals surface area contributed by atoms with Crippen LogP contribution in [0.3, 0.4) is 0 Å². The number of hydrogen-bond acceptors (Lipinski definition) is 5. The highest BCUT2D eigenvalue weighted by molar-refractivity contribution is 7.99. The maximum atomic E-state index is 10.1. The molecule has 0 saturated heterocycles. The Bertz CT molecular complexity index is 493. The largest absolute Gasteiger partial charge is 0.497 e. The quantitative estimate of drug-likeness (QED) is 0.838. The lowest BCUT2D eigenvalue weighted by molar-refractivity contribution is 0.203. The lowest BCUT2D eigenvalue weighted by Gasteiger charge is -2.11. The van der Waals surface area contributed by atoms with Crippen LogP contribution in [0.15, 0.2) is 47.9 Å². The Kier molecular flexibility index (Phi) is 4.55. The van der Waals surface area contributed by atoms with Gasteiger partial charge in [-0.2, -0.15) is 0 Å². The summed E-state index contributed by atoms with van der Waals surface area (Å²) in [5.74, 6) is 1.28. The number of aliphatic hydroxyl groups excluding tert-OH is 1. The van der Waals surface area contributed by atoms with E-state index in [0.717, 1.165) is 16.3 Å². The Morgan fingerprint density at radius 2 is 2.28 bits per heavy atom. The summed E-state index contributed by atoms with van der Waals surface area (Å²) in [6, 6.07) is 7.43. The fourth-order valence-electron chi connectivity index (χ4n) is 1.47. The maximum absolute atomic E-state index is 10.1. The third-order valence-corrected chi connectivity index (χ3v) is 3.40. The molecule has 1 aromatic heterocycles. The molecular weight excluding hydrogens is 248 g/mol. The van der Waals surface area contributed by atoms with Crippen molar-refractivity contribution in [3.63, 3.8) is 0 Å². The van der Waals surface area contributed by atoms with Crippen molar-refractivity contribution in [2.45, 2.75) is 11.1 Å². The number of nitrogens with zero attached hydrogens (tertiary/aromatic N) is 2. The van der Waals surface area contributed by atoms with Gasteiger partial charge in [0.15, 0.2) is 0 Å². The van der Waals surface area contributed by atoms with Gasteiger partial charge in [-0.25, -0.2) is 4.98 Å². The molecule has 0 amide bonds. The zero-order chi connectivity index (χ0) is 12.8. The van der Waals surface area contributed by atoms with Gasteiger partial charge in [-0.15, -0.1) is 11.8 Å². The number of hydrogen-bond donors (Lipinski definition) is 1. The molecule has 0 aliphatic heterocycles. The minimum atomic E-state index is -0.549. The normalized spacial score (nSPS) is 12.1. The first-order chi connectivity index (χ1) is 8.79. The van der Waals surface area contributed by atoms with Crippen molar-refractivity contribution in [3.05, 3.63) is 48.4 Å². The Balaban J connectivity index is 1.97. The zero-order valence-electron chi connectivity index (χ0n) is 9.98. The monoisotopic (exact) mass is 262 g/mol.